The minimum absolute atomic E-state index is 0. The highest BCUT2D eigenvalue weighted by Gasteiger charge is 2.06. The van der Waals surface area contributed by atoms with E-state index in [9.17, 15) is 0 Å². The van der Waals surface area contributed by atoms with Gasteiger partial charge in [0.15, 0.2) is 5.96 Å². The fraction of sp³-hybridized carbons (Fsp3) is 0.400. The Hall–Kier alpha value is -1.61. The summed E-state index contributed by atoms with van der Waals surface area (Å²) in [6, 6.07) is 12.6. The number of aryl methyl sites for hydroxylation is 2. The van der Waals surface area contributed by atoms with E-state index < -0.39 is 0 Å². The van der Waals surface area contributed by atoms with Crippen molar-refractivity contribution < 1.29 is 0 Å². The summed E-state index contributed by atoms with van der Waals surface area (Å²) in [5.74, 6) is 1.97. The van der Waals surface area contributed by atoms with Crippen molar-refractivity contribution in [2.75, 3.05) is 19.6 Å². The first-order valence-electron chi connectivity index (χ1n) is 9.24. The van der Waals surface area contributed by atoms with Crippen LogP contribution >= 0.6 is 35.3 Å². The molecular formula is C20H28IN5S. The second-order valence-corrected chi connectivity index (χ2v) is 7.20. The quantitative estimate of drug-likeness (QED) is 0.212. The van der Waals surface area contributed by atoms with Crippen molar-refractivity contribution in [3.8, 4) is 0 Å². The Labute approximate surface area is 182 Å². The van der Waals surface area contributed by atoms with Crippen LogP contribution < -0.4 is 10.6 Å². The maximum Gasteiger partial charge on any atom is 0.191 e. The third-order valence-electron chi connectivity index (χ3n) is 4.24. The van der Waals surface area contributed by atoms with Crippen LogP contribution in [0.5, 0.6) is 0 Å². The van der Waals surface area contributed by atoms with Crippen LogP contribution in [0.3, 0.4) is 0 Å². The summed E-state index contributed by atoms with van der Waals surface area (Å²) in [5.41, 5.74) is 2.27. The molecule has 7 heteroatoms. The number of halogens is 1. The number of guanidine groups is 1. The zero-order chi connectivity index (χ0) is 18.2. The molecule has 0 aliphatic heterocycles. The number of imidazole rings is 1. The molecule has 3 rings (SSSR count). The molecule has 0 aliphatic carbocycles. The number of para-hydroxylation sites is 2. The first-order valence-corrected chi connectivity index (χ1v) is 10.1. The van der Waals surface area contributed by atoms with Crippen molar-refractivity contribution in [3.05, 3.63) is 52.5 Å². The molecule has 2 aromatic heterocycles. The predicted molar refractivity (Wildman–Crippen MR) is 127 cm³/mol. The lowest BCUT2D eigenvalue weighted by Crippen LogP contribution is -2.38. The highest BCUT2D eigenvalue weighted by atomic mass is 127. The van der Waals surface area contributed by atoms with E-state index in [1.54, 1.807) is 11.3 Å². The summed E-state index contributed by atoms with van der Waals surface area (Å²) in [5, 5.41) is 8.86. The third kappa shape index (κ3) is 6.21. The van der Waals surface area contributed by atoms with Crippen LogP contribution in [0.4, 0.5) is 0 Å². The van der Waals surface area contributed by atoms with E-state index in [4.69, 9.17) is 4.99 Å². The number of rotatable bonds is 8. The maximum atomic E-state index is 4.71. The fourth-order valence-corrected chi connectivity index (χ4v) is 3.71. The Bertz CT molecular complexity index is 841. The molecule has 0 aliphatic rings. The number of benzene rings is 1. The molecule has 1 aromatic carbocycles. The zero-order valence-corrected chi connectivity index (χ0v) is 19.1. The van der Waals surface area contributed by atoms with Crippen molar-refractivity contribution in [1.29, 1.82) is 0 Å². The number of hydrogen-bond acceptors (Lipinski definition) is 3. The van der Waals surface area contributed by atoms with E-state index in [0.29, 0.717) is 0 Å². The van der Waals surface area contributed by atoms with E-state index >= 15 is 0 Å². The Morgan fingerprint density at radius 3 is 2.81 bits per heavy atom. The van der Waals surface area contributed by atoms with Gasteiger partial charge in [-0.1, -0.05) is 18.2 Å². The second-order valence-electron chi connectivity index (χ2n) is 6.17. The van der Waals surface area contributed by atoms with Crippen LogP contribution in [-0.2, 0) is 13.0 Å². The number of hydrogen-bond donors (Lipinski definition) is 2. The van der Waals surface area contributed by atoms with Crippen LogP contribution in [0.15, 0.2) is 46.8 Å². The molecule has 146 valence electrons. The van der Waals surface area contributed by atoms with Crippen molar-refractivity contribution in [2.45, 2.75) is 33.2 Å². The van der Waals surface area contributed by atoms with Gasteiger partial charge in [0.1, 0.15) is 5.82 Å². The maximum absolute atomic E-state index is 4.71. The van der Waals surface area contributed by atoms with Gasteiger partial charge in [-0.3, -0.25) is 4.99 Å². The van der Waals surface area contributed by atoms with Crippen molar-refractivity contribution >= 4 is 52.3 Å². The molecule has 27 heavy (non-hydrogen) atoms. The first kappa shape index (κ1) is 21.7. The summed E-state index contributed by atoms with van der Waals surface area (Å²) in [6.45, 7) is 7.66. The van der Waals surface area contributed by atoms with Crippen molar-refractivity contribution in [2.24, 2.45) is 4.99 Å². The highest BCUT2D eigenvalue weighted by molar-refractivity contribution is 14.0. The number of fused-ring (bicyclic) bond motifs is 1. The molecule has 0 spiro atoms. The van der Waals surface area contributed by atoms with Gasteiger partial charge in [-0.2, -0.15) is 0 Å². The van der Waals surface area contributed by atoms with E-state index in [-0.39, 0.29) is 24.0 Å². The minimum atomic E-state index is 0. The highest BCUT2D eigenvalue weighted by Crippen LogP contribution is 2.15. The Kier molecular flexibility index (Phi) is 9.06. The molecule has 2 N–H and O–H groups in total. The molecule has 0 fully saturated rings. The van der Waals surface area contributed by atoms with Gasteiger partial charge in [0.05, 0.1) is 11.0 Å². The van der Waals surface area contributed by atoms with Gasteiger partial charge < -0.3 is 15.2 Å². The number of nitrogens with one attached hydrogen (secondary N) is 2. The van der Waals surface area contributed by atoms with Crippen LogP contribution in [0, 0.1) is 6.92 Å². The fourth-order valence-electron chi connectivity index (χ4n) is 3.00. The van der Waals surface area contributed by atoms with Gasteiger partial charge in [0.2, 0.25) is 0 Å². The summed E-state index contributed by atoms with van der Waals surface area (Å²) >= 11 is 1.80. The van der Waals surface area contributed by atoms with Crippen molar-refractivity contribution in [1.82, 2.24) is 20.2 Å². The molecule has 0 unspecified atom stereocenters. The SMILES string of the molecule is CCNC(=NCCCn1c(C)nc2ccccc21)NCCc1cccs1.I. The molecule has 3 aromatic rings. The van der Waals surface area contributed by atoms with Gasteiger partial charge in [-0.15, -0.1) is 35.3 Å². The summed E-state index contributed by atoms with van der Waals surface area (Å²) < 4.78 is 2.28. The Balaban J connectivity index is 0.00000261. The lowest BCUT2D eigenvalue weighted by atomic mass is 10.3. The number of nitrogens with zero attached hydrogens (tertiary/aromatic N) is 3. The average molecular weight is 497 g/mol. The minimum Gasteiger partial charge on any atom is -0.357 e. The van der Waals surface area contributed by atoms with Gasteiger partial charge in [0, 0.05) is 31.1 Å². The lowest BCUT2D eigenvalue weighted by molar-refractivity contribution is 0.646. The average Bonchev–Trinajstić information content (AvgIpc) is 3.26. The van der Waals surface area contributed by atoms with Crippen LogP contribution in [0.2, 0.25) is 0 Å². The van der Waals surface area contributed by atoms with E-state index in [1.807, 2.05) is 6.07 Å². The summed E-state index contributed by atoms with van der Waals surface area (Å²) in [6.07, 6.45) is 2.02. The van der Waals surface area contributed by atoms with E-state index in [0.717, 1.165) is 56.3 Å². The lowest BCUT2D eigenvalue weighted by Gasteiger charge is -2.11. The zero-order valence-electron chi connectivity index (χ0n) is 15.9. The monoisotopic (exact) mass is 497 g/mol. The Morgan fingerprint density at radius 1 is 1.19 bits per heavy atom. The van der Waals surface area contributed by atoms with E-state index in [1.165, 1.54) is 10.4 Å². The Morgan fingerprint density at radius 2 is 2.04 bits per heavy atom. The molecule has 5 nitrogen and oxygen atoms in total. The smallest absolute Gasteiger partial charge is 0.191 e. The summed E-state index contributed by atoms with van der Waals surface area (Å²) in [7, 11) is 0. The van der Waals surface area contributed by atoms with Gasteiger partial charge >= 0.3 is 0 Å². The second kappa shape index (κ2) is 11.3. The topological polar surface area (TPSA) is 54.2 Å². The first-order chi connectivity index (χ1) is 12.8. The van der Waals surface area contributed by atoms with E-state index in [2.05, 4.69) is 69.7 Å². The number of aromatic nitrogens is 2. The summed E-state index contributed by atoms with van der Waals surface area (Å²) in [4.78, 5) is 10.7. The largest absolute Gasteiger partial charge is 0.357 e. The van der Waals surface area contributed by atoms with Crippen LogP contribution in [-0.4, -0.2) is 35.1 Å². The molecule has 0 bridgehead atoms. The van der Waals surface area contributed by atoms with Gasteiger partial charge in [-0.05, 0) is 50.3 Å². The molecule has 0 saturated heterocycles. The molecule has 2 heterocycles. The molecule has 0 saturated carbocycles. The molecule has 0 atom stereocenters. The third-order valence-corrected chi connectivity index (χ3v) is 5.18. The van der Waals surface area contributed by atoms with Gasteiger partial charge in [-0.25, -0.2) is 4.98 Å². The van der Waals surface area contributed by atoms with Gasteiger partial charge in [0.25, 0.3) is 0 Å². The molecule has 0 radical (unpaired) electrons. The normalized spacial score (nSPS) is 11.4. The standard InChI is InChI=1S/C20H27N5S.HI/c1-3-21-20(23-13-11-17-8-6-15-26-17)22-12-7-14-25-16(2)24-18-9-4-5-10-19(18)25;/h4-6,8-10,15H,3,7,11-14H2,1-2H3,(H2,21,22,23);1H. The predicted octanol–water partition coefficient (Wildman–Crippen LogP) is 4.21. The van der Waals surface area contributed by atoms with Crippen LogP contribution in [0.1, 0.15) is 24.0 Å². The number of thiophene rings is 1. The molecule has 0 amide bonds. The number of aliphatic imine (C=N–C) groups is 1. The molecular weight excluding hydrogens is 469 g/mol. The van der Waals surface area contributed by atoms with Crippen LogP contribution in [0.25, 0.3) is 11.0 Å². The van der Waals surface area contributed by atoms with Crippen molar-refractivity contribution in [3.63, 3.8) is 0 Å².